The van der Waals surface area contributed by atoms with Crippen LogP contribution >= 0.6 is 0 Å². The quantitative estimate of drug-likeness (QED) is 0.387. The van der Waals surface area contributed by atoms with Crippen LogP contribution < -0.4 is 4.74 Å². The third-order valence-corrected chi connectivity index (χ3v) is 5.59. The topological polar surface area (TPSA) is 55.8 Å². The normalized spacial score (nSPS) is 11.1. The molecule has 0 bridgehead atoms. The molecule has 8 heteroatoms. The standard InChI is InChI=1S/C27H26F3NO4/c1-18(32)31(16-19-7-5-4-6-8-19)17-21-15-22(27(28,29)30)10-11-23(21)24-13-20(14-26(33)35-3)9-12-25(24)34-2/h4-13,15H,14,16-17H2,1-3H3. The van der Waals surface area contributed by atoms with Gasteiger partial charge in [0.1, 0.15) is 5.75 Å². The first kappa shape index (κ1) is 25.8. The van der Waals surface area contributed by atoms with Crippen molar-refractivity contribution in [1.29, 1.82) is 0 Å². The average Bonchev–Trinajstić information content (AvgIpc) is 2.83. The molecule has 0 aromatic heterocycles. The summed E-state index contributed by atoms with van der Waals surface area (Å²) in [6, 6.07) is 17.7. The van der Waals surface area contributed by atoms with Crippen LogP contribution in [0.4, 0.5) is 13.2 Å². The molecule has 0 fully saturated rings. The summed E-state index contributed by atoms with van der Waals surface area (Å²) < 4.78 is 50.9. The minimum absolute atomic E-state index is 0.00294. The molecule has 0 aliphatic rings. The highest BCUT2D eigenvalue weighted by Crippen LogP contribution is 2.38. The number of alkyl halides is 3. The predicted molar refractivity (Wildman–Crippen MR) is 126 cm³/mol. The molecule has 3 rings (SSSR count). The molecule has 0 N–H and O–H groups in total. The molecule has 0 saturated carbocycles. The van der Waals surface area contributed by atoms with Crippen molar-refractivity contribution in [3.8, 4) is 16.9 Å². The number of hydrogen-bond donors (Lipinski definition) is 0. The number of rotatable bonds is 8. The summed E-state index contributed by atoms with van der Waals surface area (Å²) in [6.45, 7) is 1.58. The summed E-state index contributed by atoms with van der Waals surface area (Å²) in [5.41, 5.74) is 1.95. The van der Waals surface area contributed by atoms with E-state index in [1.54, 1.807) is 18.2 Å². The Morgan fingerprint density at radius 2 is 1.57 bits per heavy atom. The molecule has 0 aliphatic carbocycles. The van der Waals surface area contributed by atoms with E-state index in [0.717, 1.165) is 17.7 Å². The summed E-state index contributed by atoms with van der Waals surface area (Å²) >= 11 is 0. The van der Waals surface area contributed by atoms with Gasteiger partial charge in [-0.05, 0) is 46.5 Å². The van der Waals surface area contributed by atoms with Crippen LogP contribution in [0.5, 0.6) is 5.75 Å². The minimum atomic E-state index is -4.55. The Kier molecular flexibility index (Phi) is 8.17. The highest BCUT2D eigenvalue weighted by Gasteiger charge is 2.31. The van der Waals surface area contributed by atoms with E-state index in [1.165, 1.54) is 32.1 Å². The van der Waals surface area contributed by atoms with Crippen LogP contribution in [-0.4, -0.2) is 31.0 Å². The lowest BCUT2D eigenvalue weighted by atomic mass is 9.94. The third-order valence-electron chi connectivity index (χ3n) is 5.59. The molecule has 3 aromatic carbocycles. The molecule has 184 valence electrons. The Bertz CT molecular complexity index is 1190. The maximum absolute atomic E-state index is 13.6. The fourth-order valence-corrected chi connectivity index (χ4v) is 3.77. The first-order valence-electron chi connectivity index (χ1n) is 10.9. The molecule has 3 aromatic rings. The van der Waals surface area contributed by atoms with Gasteiger partial charge in [0.15, 0.2) is 0 Å². The van der Waals surface area contributed by atoms with Crippen molar-refractivity contribution >= 4 is 11.9 Å². The zero-order valence-corrected chi connectivity index (χ0v) is 19.7. The molecule has 5 nitrogen and oxygen atoms in total. The maximum atomic E-state index is 13.6. The second-order valence-corrected chi connectivity index (χ2v) is 8.02. The number of carbonyl (C=O) groups is 2. The molecule has 0 saturated heterocycles. The van der Waals surface area contributed by atoms with Gasteiger partial charge in [0.25, 0.3) is 0 Å². The fraction of sp³-hybridized carbons (Fsp3) is 0.259. The lowest BCUT2D eigenvalue weighted by molar-refractivity contribution is -0.140. The largest absolute Gasteiger partial charge is 0.496 e. The molecular formula is C27H26F3NO4. The molecule has 0 atom stereocenters. The van der Waals surface area contributed by atoms with E-state index in [0.29, 0.717) is 28.0 Å². The number of esters is 1. The number of amides is 1. The Labute approximate surface area is 202 Å². The Hall–Kier alpha value is -3.81. The first-order valence-corrected chi connectivity index (χ1v) is 10.9. The summed E-state index contributed by atoms with van der Waals surface area (Å²) in [7, 11) is 2.74. The van der Waals surface area contributed by atoms with Crippen LogP contribution in [0, 0.1) is 0 Å². The van der Waals surface area contributed by atoms with Crippen molar-refractivity contribution in [3.63, 3.8) is 0 Å². The molecule has 0 spiro atoms. The molecule has 0 unspecified atom stereocenters. The maximum Gasteiger partial charge on any atom is 0.416 e. The number of nitrogens with zero attached hydrogens (tertiary/aromatic N) is 1. The molecule has 35 heavy (non-hydrogen) atoms. The molecule has 1 amide bonds. The first-order chi connectivity index (χ1) is 16.6. The Balaban J connectivity index is 2.11. The van der Waals surface area contributed by atoms with Crippen molar-refractivity contribution in [2.45, 2.75) is 32.6 Å². The van der Waals surface area contributed by atoms with Crippen LogP contribution in [0.2, 0.25) is 0 Å². The Morgan fingerprint density at radius 3 is 2.17 bits per heavy atom. The van der Waals surface area contributed by atoms with E-state index in [2.05, 4.69) is 0 Å². The lowest BCUT2D eigenvalue weighted by Crippen LogP contribution is -2.28. The SMILES string of the molecule is COC(=O)Cc1ccc(OC)c(-c2ccc(C(F)(F)F)cc2CN(Cc2ccccc2)C(C)=O)c1. The van der Waals surface area contributed by atoms with Gasteiger partial charge in [-0.1, -0.05) is 42.5 Å². The van der Waals surface area contributed by atoms with Gasteiger partial charge in [0.05, 0.1) is 26.2 Å². The van der Waals surface area contributed by atoms with E-state index in [9.17, 15) is 22.8 Å². The summed E-state index contributed by atoms with van der Waals surface area (Å²) in [5, 5.41) is 0. The smallest absolute Gasteiger partial charge is 0.416 e. The summed E-state index contributed by atoms with van der Waals surface area (Å²) in [6.07, 6.45) is -4.55. The number of halogens is 3. The second kappa shape index (κ2) is 11.1. The number of methoxy groups -OCH3 is 2. The minimum Gasteiger partial charge on any atom is -0.496 e. The zero-order chi connectivity index (χ0) is 25.6. The lowest BCUT2D eigenvalue weighted by Gasteiger charge is -2.24. The van der Waals surface area contributed by atoms with Gasteiger partial charge >= 0.3 is 12.1 Å². The van der Waals surface area contributed by atoms with Crippen LogP contribution in [0.1, 0.15) is 29.2 Å². The number of ether oxygens (including phenoxy) is 2. The number of carbonyl (C=O) groups excluding carboxylic acids is 2. The zero-order valence-electron chi connectivity index (χ0n) is 19.7. The summed E-state index contributed by atoms with van der Waals surface area (Å²) in [5.74, 6) is -0.292. The monoisotopic (exact) mass is 485 g/mol. The Morgan fingerprint density at radius 1 is 0.857 bits per heavy atom. The van der Waals surface area contributed by atoms with Gasteiger partial charge in [0, 0.05) is 25.6 Å². The van der Waals surface area contributed by atoms with Crippen LogP contribution in [0.15, 0.2) is 66.7 Å². The van der Waals surface area contributed by atoms with Gasteiger partial charge in [-0.3, -0.25) is 9.59 Å². The predicted octanol–water partition coefficient (Wildman–Crippen LogP) is 5.65. The fourth-order valence-electron chi connectivity index (χ4n) is 3.77. The van der Waals surface area contributed by atoms with Crippen LogP contribution in [-0.2, 0) is 40.0 Å². The average molecular weight is 486 g/mol. The molecular weight excluding hydrogens is 459 g/mol. The highest BCUT2D eigenvalue weighted by atomic mass is 19.4. The van der Waals surface area contributed by atoms with Crippen LogP contribution in [0.25, 0.3) is 11.1 Å². The van der Waals surface area contributed by atoms with Crippen molar-refractivity contribution in [2.24, 2.45) is 0 Å². The second-order valence-electron chi connectivity index (χ2n) is 8.02. The van der Waals surface area contributed by atoms with E-state index < -0.39 is 17.7 Å². The molecule has 0 aliphatic heterocycles. The highest BCUT2D eigenvalue weighted by molar-refractivity contribution is 5.78. The van der Waals surface area contributed by atoms with Crippen molar-refractivity contribution in [2.75, 3.05) is 14.2 Å². The number of hydrogen-bond acceptors (Lipinski definition) is 4. The van der Waals surface area contributed by atoms with E-state index >= 15 is 0 Å². The van der Waals surface area contributed by atoms with Gasteiger partial charge in [0.2, 0.25) is 5.91 Å². The van der Waals surface area contributed by atoms with Crippen molar-refractivity contribution < 1.29 is 32.2 Å². The van der Waals surface area contributed by atoms with Crippen molar-refractivity contribution in [3.05, 3.63) is 89.0 Å². The third kappa shape index (κ3) is 6.62. The van der Waals surface area contributed by atoms with Gasteiger partial charge in [-0.2, -0.15) is 13.2 Å². The number of benzene rings is 3. The van der Waals surface area contributed by atoms with E-state index in [1.807, 2.05) is 30.3 Å². The molecule has 0 heterocycles. The van der Waals surface area contributed by atoms with E-state index in [4.69, 9.17) is 9.47 Å². The van der Waals surface area contributed by atoms with Gasteiger partial charge < -0.3 is 14.4 Å². The van der Waals surface area contributed by atoms with Crippen molar-refractivity contribution in [1.82, 2.24) is 4.90 Å². The van der Waals surface area contributed by atoms with Gasteiger partial charge in [-0.25, -0.2) is 0 Å². The molecule has 0 radical (unpaired) electrons. The van der Waals surface area contributed by atoms with E-state index in [-0.39, 0.29) is 25.4 Å². The van der Waals surface area contributed by atoms with Crippen LogP contribution in [0.3, 0.4) is 0 Å². The summed E-state index contributed by atoms with van der Waals surface area (Å²) in [4.78, 5) is 25.7. The van der Waals surface area contributed by atoms with Gasteiger partial charge in [-0.15, -0.1) is 0 Å².